The van der Waals surface area contributed by atoms with Gasteiger partial charge in [0.1, 0.15) is 11.7 Å². The van der Waals surface area contributed by atoms with Gasteiger partial charge in [-0.05, 0) is 47.6 Å². The highest BCUT2D eigenvalue weighted by atomic mass is 16.6. The molecule has 2 rings (SSSR count). The number of nitrogens with zero attached hydrogens (tertiary/aromatic N) is 2. The molecule has 8 nitrogen and oxygen atoms in total. The number of likely N-dealkylation sites (tertiary alicyclic amines) is 1. The Labute approximate surface area is 184 Å². The van der Waals surface area contributed by atoms with Crippen molar-refractivity contribution < 1.29 is 28.6 Å². The van der Waals surface area contributed by atoms with Crippen molar-refractivity contribution >= 4 is 17.8 Å². The molecule has 0 unspecified atom stereocenters. The number of piperidine rings is 1. The maximum atomic E-state index is 12.5. The lowest BCUT2D eigenvalue weighted by Crippen LogP contribution is -2.44. The number of aromatic nitrogens is 1. The third-order valence-corrected chi connectivity index (χ3v) is 4.87. The lowest BCUT2D eigenvalue weighted by molar-refractivity contribution is -0.153. The second-order valence-corrected chi connectivity index (χ2v) is 9.37. The molecule has 0 radical (unpaired) electrons. The molecule has 1 aliphatic heterocycles. The van der Waals surface area contributed by atoms with Crippen LogP contribution in [0.4, 0.5) is 4.79 Å². The minimum Gasteiger partial charge on any atom is -0.474 e. The van der Waals surface area contributed by atoms with Gasteiger partial charge in [0.05, 0.1) is 12.0 Å². The Hall–Kier alpha value is -2.64. The van der Waals surface area contributed by atoms with E-state index < -0.39 is 17.0 Å². The second-order valence-electron chi connectivity index (χ2n) is 9.37. The molecular weight excluding hydrogens is 400 g/mol. The van der Waals surface area contributed by atoms with E-state index in [0.29, 0.717) is 37.4 Å². The summed E-state index contributed by atoms with van der Waals surface area (Å²) in [6.07, 6.45) is 2.49. The Morgan fingerprint density at radius 2 is 1.74 bits per heavy atom. The summed E-state index contributed by atoms with van der Waals surface area (Å²) in [5.74, 6) is -0.145. The molecule has 1 fully saturated rings. The van der Waals surface area contributed by atoms with E-state index in [2.05, 4.69) is 4.98 Å². The van der Waals surface area contributed by atoms with Crippen LogP contribution in [0.5, 0.6) is 5.88 Å². The quantitative estimate of drug-likeness (QED) is 0.472. The van der Waals surface area contributed by atoms with E-state index in [1.807, 2.05) is 20.8 Å². The molecule has 1 amide bonds. The zero-order valence-electron chi connectivity index (χ0n) is 19.4. The van der Waals surface area contributed by atoms with Crippen molar-refractivity contribution in [3.63, 3.8) is 0 Å². The minimum atomic E-state index is -0.898. The Morgan fingerprint density at radius 3 is 2.26 bits per heavy atom. The van der Waals surface area contributed by atoms with Crippen LogP contribution >= 0.6 is 0 Å². The molecule has 1 saturated heterocycles. The first kappa shape index (κ1) is 24.6. The van der Waals surface area contributed by atoms with Gasteiger partial charge in [-0.1, -0.05) is 0 Å². The lowest BCUT2D eigenvalue weighted by atomic mass is 9.86. The van der Waals surface area contributed by atoms with Crippen molar-refractivity contribution in [1.82, 2.24) is 9.88 Å². The lowest BCUT2D eigenvalue weighted by Gasteiger charge is -2.33. The fourth-order valence-corrected chi connectivity index (χ4v) is 3.17. The van der Waals surface area contributed by atoms with Crippen LogP contribution in [0.1, 0.15) is 71.2 Å². The first-order valence-electron chi connectivity index (χ1n) is 10.7. The molecule has 1 aromatic rings. The van der Waals surface area contributed by atoms with E-state index >= 15 is 0 Å². The van der Waals surface area contributed by atoms with E-state index in [0.717, 1.165) is 0 Å². The van der Waals surface area contributed by atoms with Crippen LogP contribution in [0.3, 0.4) is 0 Å². The molecule has 0 atom stereocenters. The van der Waals surface area contributed by atoms with Gasteiger partial charge < -0.3 is 19.1 Å². The Bertz CT molecular complexity index is 774. The summed E-state index contributed by atoms with van der Waals surface area (Å²) < 4.78 is 16.4. The number of carbonyl (C=O) groups excluding carboxylic acids is 3. The van der Waals surface area contributed by atoms with Gasteiger partial charge in [0.15, 0.2) is 5.78 Å². The Balaban J connectivity index is 1.86. The average Bonchev–Trinajstić information content (AvgIpc) is 2.67. The number of ether oxygens (including phenoxy) is 3. The highest BCUT2D eigenvalue weighted by molar-refractivity contribution is 5.98. The number of esters is 1. The Kier molecular flexibility index (Phi) is 8.03. The van der Waals surface area contributed by atoms with Crippen molar-refractivity contribution in [2.75, 3.05) is 19.7 Å². The van der Waals surface area contributed by atoms with Crippen molar-refractivity contribution in [2.45, 2.75) is 72.5 Å². The molecule has 1 aliphatic rings. The molecule has 0 bridgehead atoms. The average molecular weight is 435 g/mol. The van der Waals surface area contributed by atoms with Gasteiger partial charge in [0.2, 0.25) is 5.88 Å². The van der Waals surface area contributed by atoms with Crippen molar-refractivity contribution in [2.24, 2.45) is 5.41 Å². The molecule has 2 heterocycles. The fraction of sp³-hybridized carbons (Fsp3) is 0.652. The van der Waals surface area contributed by atoms with E-state index in [1.54, 1.807) is 37.8 Å². The summed E-state index contributed by atoms with van der Waals surface area (Å²) in [7, 11) is 0. The highest BCUT2D eigenvalue weighted by Gasteiger charge is 2.32. The van der Waals surface area contributed by atoms with Crippen molar-refractivity contribution in [3.8, 4) is 5.88 Å². The molecule has 1 aromatic heterocycles. The summed E-state index contributed by atoms with van der Waals surface area (Å²) >= 11 is 0. The number of ketones is 1. The van der Waals surface area contributed by atoms with Crippen LogP contribution in [0, 0.1) is 5.41 Å². The third kappa shape index (κ3) is 7.52. The molecule has 8 heteroatoms. The monoisotopic (exact) mass is 434 g/mol. The van der Waals surface area contributed by atoms with Crippen LogP contribution in [0.15, 0.2) is 18.3 Å². The number of Topliss-reactive ketones (excluding diaryl/α,β-unsaturated/α-hetero) is 1. The van der Waals surface area contributed by atoms with Crippen LogP contribution < -0.4 is 4.74 Å². The molecular formula is C23H34N2O6. The fourth-order valence-electron chi connectivity index (χ4n) is 3.17. The maximum absolute atomic E-state index is 12.5. The van der Waals surface area contributed by atoms with Gasteiger partial charge in [-0.3, -0.25) is 9.59 Å². The molecule has 31 heavy (non-hydrogen) atoms. The summed E-state index contributed by atoms with van der Waals surface area (Å²) in [5, 5.41) is 0. The number of amides is 1. The van der Waals surface area contributed by atoms with Crippen molar-refractivity contribution in [1.29, 1.82) is 0 Å². The first-order chi connectivity index (χ1) is 14.4. The smallest absolute Gasteiger partial charge is 0.410 e. The van der Waals surface area contributed by atoms with Crippen molar-refractivity contribution in [3.05, 3.63) is 23.9 Å². The van der Waals surface area contributed by atoms with Crippen LogP contribution in [0.25, 0.3) is 0 Å². The van der Waals surface area contributed by atoms with Gasteiger partial charge in [-0.15, -0.1) is 0 Å². The van der Waals surface area contributed by atoms with E-state index in [-0.39, 0.29) is 31.0 Å². The number of hydrogen-bond donors (Lipinski definition) is 0. The van der Waals surface area contributed by atoms with Crippen LogP contribution in [0.2, 0.25) is 0 Å². The van der Waals surface area contributed by atoms with E-state index in [1.165, 1.54) is 6.20 Å². The number of rotatable bonds is 7. The topological polar surface area (TPSA) is 95.0 Å². The predicted octanol–water partition coefficient (Wildman–Crippen LogP) is 4.02. The number of pyridine rings is 1. The third-order valence-electron chi connectivity index (χ3n) is 4.87. The molecule has 0 spiro atoms. The largest absolute Gasteiger partial charge is 0.474 e. The summed E-state index contributed by atoms with van der Waals surface area (Å²) in [6, 6.07) is 3.31. The van der Waals surface area contributed by atoms with Gasteiger partial charge in [0, 0.05) is 50.2 Å². The maximum Gasteiger partial charge on any atom is 0.410 e. The van der Waals surface area contributed by atoms with Gasteiger partial charge in [-0.25, -0.2) is 9.78 Å². The molecule has 0 aromatic carbocycles. The zero-order chi connectivity index (χ0) is 23.2. The standard InChI is InChI=1S/C23H34N2O6/c1-7-29-20(27)23(5,6)14-18(26)16-8-9-19(24-15-16)30-17-10-12-25(13-11-17)21(28)31-22(2,3)4/h8-9,15,17H,7,10-14H2,1-6H3. The van der Waals surface area contributed by atoms with Crippen LogP contribution in [-0.4, -0.2) is 59.1 Å². The molecule has 0 N–H and O–H groups in total. The van der Waals surface area contributed by atoms with E-state index in [4.69, 9.17) is 14.2 Å². The number of hydrogen-bond acceptors (Lipinski definition) is 7. The van der Waals surface area contributed by atoms with Crippen LogP contribution in [-0.2, 0) is 14.3 Å². The minimum absolute atomic E-state index is 0.0385. The Morgan fingerprint density at radius 1 is 1.10 bits per heavy atom. The van der Waals surface area contributed by atoms with E-state index in [9.17, 15) is 14.4 Å². The predicted molar refractivity (Wildman–Crippen MR) is 115 cm³/mol. The molecule has 0 aliphatic carbocycles. The zero-order valence-corrected chi connectivity index (χ0v) is 19.4. The summed E-state index contributed by atoms with van der Waals surface area (Å²) in [4.78, 5) is 42.6. The van der Waals surface area contributed by atoms with Gasteiger partial charge in [0.25, 0.3) is 0 Å². The SMILES string of the molecule is CCOC(=O)C(C)(C)CC(=O)c1ccc(OC2CCN(C(=O)OC(C)(C)C)CC2)nc1. The highest BCUT2D eigenvalue weighted by Crippen LogP contribution is 2.25. The number of carbonyl (C=O) groups is 3. The summed E-state index contributed by atoms with van der Waals surface area (Å²) in [6.45, 7) is 12.0. The normalized spacial score (nSPS) is 15.4. The van der Waals surface area contributed by atoms with Gasteiger partial charge >= 0.3 is 12.1 Å². The second kappa shape index (κ2) is 10.1. The summed E-state index contributed by atoms with van der Waals surface area (Å²) in [5.41, 5.74) is -0.992. The molecule has 172 valence electrons. The molecule has 0 saturated carbocycles. The first-order valence-corrected chi connectivity index (χ1v) is 10.7. The van der Waals surface area contributed by atoms with Gasteiger partial charge in [-0.2, -0.15) is 0 Å².